The second-order valence-corrected chi connectivity index (χ2v) is 11.1. The number of hydrogen-bond acceptors (Lipinski definition) is 3. The van der Waals surface area contributed by atoms with E-state index in [9.17, 15) is 8.42 Å². The Hall–Kier alpha value is -0.780. The molecule has 24 heavy (non-hydrogen) atoms. The first-order valence-corrected chi connectivity index (χ1v) is 11.0. The lowest BCUT2D eigenvalue weighted by molar-refractivity contribution is 0.250. The maximum Gasteiger partial charge on any atom is 0.191 e. The predicted molar refractivity (Wildman–Crippen MR) is 103 cm³/mol. The maximum absolute atomic E-state index is 12.2. The van der Waals surface area contributed by atoms with Gasteiger partial charge in [0.25, 0.3) is 0 Å². The lowest BCUT2D eigenvalue weighted by atomic mass is 9.80. The van der Waals surface area contributed by atoms with Crippen molar-refractivity contribution >= 4 is 15.8 Å². The molecule has 1 aliphatic rings. The zero-order valence-corrected chi connectivity index (χ0v) is 17.2. The molecule has 0 aromatic carbocycles. The molecule has 0 bridgehead atoms. The summed E-state index contributed by atoms with van der Waals surface area (Å²) < 4.78 is 23.6. The second kappa shape index (κ2) is 9.07. The molecule has 0 heterocycles. The fraction of sp³-hybridized carbons (Fsp3) is 0.944. The molecule has 0 saturated heterocycles. The van der Waals surface area contributed by atoms with Crippen molar-refractivity contribution in [2.45, 2.75) is 78.0 Å². The number of sulfone groups is 1. The van der Waals surface area contributed by atoms with Crippen LogP contribution in [0, 0.1) is 11.8 Å². The van der Waals surface area contributed by atoms with Gasteiger partial charge in [-0.3, -0.25) is 4.99 Å². The molecule has 0 spiro atoms. The van der Waals surface area contributed by atoms with Gasteiger partial charge in [-0.2, -0.15) is 0 Å². The minimum Gasteiger partial charge on any atom is -0.357 e. The third-order valence-corrected chi connectivity index (χ3v) is 7.55. The summed E-state index contributed by atoms with van der Waals surface area (Å²) in [7, 11) is -3.12. The molecule has 6 heteroatoms. The Balaban J connectivity index is 2.55. The molecule has 1 saturated carbocycles. The van der Waals surface area contributed by atoms with Gasteiger partial charge in [-0.15, -0.1) is 0 Å². The quantitative estimate of drug-likeness (QED) is 0.565. The van der Waals surface area contributed by atoms with Gasteiger partial charge >= 0.3 is 0 Å². The lowest BCUT2D eigenvalue weighted by Crippen LogP contribution is -2.45. The fourth-order valence-electron chi connectivity index (χ4n) is 3.03. The van der Waals surface area contributed by atoms with Crippen molar-refractivity contribution in [3.8, 4) is 0 Å². The van der Waals surface area contributed by atoms with Crippen molar-refractivity contribution in [2.75, 3.05) is 18.8 Å². The molecule has 5 nitrogen and oxygen atoms in total. The molecule has 1 aliphatic carbocycles. The van der Waals surface area contributed by atoms with E-state index in [1.54, 1.807) is 20.8 Å². The highest BCUT2D eigenvalue weighted by atomic mass is 32.2. The minimum absolute atomic E-state index is 0.0904. The van der Waals surface area contributed by atoms with Gasteiger partial charge in [0, 0.05) is 12.6 Å². The Kier molecular flexibility index (Phi) is 8.03. The SMILES string of the molecule is CCNC(=NCCS(=O)(=O)C(C)(C)C)NC1CCC(C(C)C)CC1. The molecule has 0 atom stereocenters. The Morgan fingerprint density at radius 1 is 1.17 bits per heavy atom. The summed E-state index contributed by atoms with van der Waals surface area (Å²) in [6.07, 6.45) is 4.83. The molecule has 0 unspecified atom stereocenters. The van der Waals surface area contributed by atoms with Crippen LogP contribution in [-0.2, 0) is 9.84 Å². The first-order valence-electron chi connectivity index (χ1n) is 9.34. The Morgan fingerprint density at radius 3 is 2.21 bits per heavy atom. The monoisotopic (exact) mass is 359 g/mol. The van der Waals surface area contributed by atoms with Crippen LogP contribution in [0.25, 0.3) is 0 Å². The lowest BCUT2D eigenvalue weighted by Gasteiger charge is -2.32. The molecule has 1 fully saturated rings. The number of rotatable bonds is 6. The van der Waals surface area contributed by atoms with Crippen LogP contribution in [-0.4, -0.2) is 44.0 Å². The van der Waals surface area contributed by atoms with Crippen LogP contribution in [0.1, 0.15) is 67.2 Å². The summed E-state index contributed by atoms with van der Waals surface area (Å²) in [6.45, 7) is 12.9. The average molecular weight is 360 g/mol. The van der Waals surface area contributed by atoms with Gasteiger partial charge in [0.2, 0.25) is 0 Å². The largest absolute Gasteiger partial charge is 0.357 e. The number of nitrogens with one attached hydrogen (secondary N) is 2. The van der Waals surface area contributed by atoms with Crippen molar-refractivity contribution in [1.82, 2.24) is 10.6 Å². The van der Waals surface area contributed by atoms with E-state index in [1.165, 1.54) is 12.8 Å². The van der Waals surface area contributed by atoms with Crippen LogP contribution in [0.3, 0.4) is 0 Å². The van der Waals surface area contributed by atoms with E-state index in [-0.39, 0.29) is 5.75 Å². The highest BCUT2D eigenvalue weighted by Gasteiger charge is 2.28. The molecular formula is C18H37N3O2S. The zero-order chi connectivity index (χ0) is 18.4. The molecule has 142 valence electrons. The van der Waals surface area contributed by atoms with E-state index in [2.05, 4.69) is 29.5 Å². The summed E-state index contributed by atoms with van der Waals surface area (Å²) in [5.41, 5.74) is 0. The van der Waals surface area contributed by atoms with Crippen molar-refractivity contribution < 1.29 is 8.42 Å². The molecule has 0 amide bonds. The number of nitrogens with zero attached hydrogens (tertiary/aromatic N) is 1. The summed E-state index contributed by atoms with van der Waals surface area (Å²) in [5, 5.41) is 6.72. The van der Waals surface area contributed by atoms with Gasteiger partial charge in [0.1, 0.15) is 0 Å². The average Bonchev–Trinajstić information content (AvgIpc) is 2.46. The van der Waals surface area contributed by atoms with Crippen molar-refractivity contribution in [1.29, 1.82) is 0 Å². The highest BCUT2D eigenvalue weighted by molar-refractivity contribution is 7.92. The summed E-state index contributed by atoms with van der Waals surface area (Å²) >= 11 is 0. The molecule has 0 aromatic rings. The molecule has 0 radical (unpaired) electrons. The minimum atomic E-state index is -3.12. The standard InChI is InChI=1S/C18H37N3O2S/c1-7-19-17(20-12-13-24(22,23)18(4,5)6)21-16-10-8-15(9-11-16)14(2)3/h14-16H,7-13H2,1-6H3,(H2,19,20,21). The Labute approximate surface area is 149 Å². The first-order chi connectivity index (χ1) is 11.1. The number of hydrogen-bond donors (Lipinski definition) is 2. The Bertz CT molecular complexity index is 499. The number of aliphatic imine (C=N–C) groups is 1. The summed E-state index contributed by atoms with van der Waals surface area (Å²) in [5.74, 6) is 2.43. The zero-order valence-electron chi connectivity index (χ0n) is 16.4. The molecule has 0 aromatic heterocycles. The van der Waals surface area contributed by atoms with Crippen LogP contribution in [0.2, 0.25) is 0 Å². The van der Waals surface area contributed by atoms with Crippen molar-refractivity contribution in [3.05, 3.63) is 0 Å². The van der Waals surface area contributed by atoms with Crippen LogP contribution >= 0.6 is 0 Å². The van der Waals surface area contributed by atoms with Gasteiger partial charge < -0.3 is 10.6 Å². The molecule has 2 N–H and O–H groups in total. The van der Waals surface area contributed by atoms with Crippen LogP contribution in [0.5, 0.6) is 0 Å². The fourth-order valence-corrected chi connectivity index (χ4v) is 3.97. The maximum atomic E-state index is 12.2. The van der Waals surface area contributed by atoms with E-state index in [4.69, 9.17) is 0 Å². The first kappa shape index (κ1) is 21.3. The third kappa shape index (κ3) is 6.61. The van der Waals surface area contributed by atoms with E-state index < -0.39 is 14.6 Å². The molecule has 1 rings (SSSR count). The highest BCUT2D eigenvalue weighted by Crippen LogP contribution is 2.29. The third-order valence-electron chi connectivity index (χ3n) is 4.96. The smallest absolute Gasteiger partial charge is 0.191 e. The van der Waals surface area contributed by atoms with Gasteiger partial charge in [-0.1, -0.05) is 13.8 Å². The summed E-state index contributed by atoms with van der Waals surface area (Å²) in [6, 6.07) is 0.442. The topological polar surface area (TPSA) is 70.6 Å². The van der Waals surface area contributed by atoms with Crippen LogP contribution in [0.15, 0.2) is 4.99 Å². The van der Waals surface area contributed by atoms with E-state index >= 15 is 0 Å². The van der Waals surface area contributed by atoms with Crippen LogP contribution < -0.4 is 10.6 Å². The Morgan fingerprint density at radius 2 is 1.75 bits per heavy atom. The number of guanidine groups is 1. The van der Waals surface area contributed by atoms with E-state index in [0.717, 1.165) is 37.2 Å². The molecular weight excluding hydrogens is 322 g/mol. The van der Waals surface area contributed by atoms with E-state index in [1.807, 2.05) is 6.92 Å². The van der Waals surface area contributed by atoms with Crippen LogP contribution in [0.4, 0.5) is 0 Å². The van der Waals surface area contributed by atoms with Gasteiger partial charge in [-0.25, -0.2) is 8.42 Å². The van der Waals surface area contributed by atoms with Crippen molar-refractivity contribution in [3.63, 3.8) is 0 Å². The van der Waals surface area contributed by atoms with Gasteiger partial charge in [-0.05, 0) is 65.2 Å². The normalized spacial score (nSPS) is 23.4. The summed E-state index contributed by atoms with van der Waals surface area (Å²) in [4.78, 5) is 4.48. The second-order valence-electron chi connectivity index (χ2n) is 8.19. The molecule has 0 aliphatic heterocycles. The van der Waals surface area contributed by atoms with E-state index in [0.29, 0.717) is 12.6 Å². The van der Waals surface area contributed by atoms with Gasteiger partial charge in [0.05, 0.1) is 17.0 Å². The predicted octanol–water partition coefficient (Wildman–Crippen LogP) is 2.97. The van der Waals surface area contributed by atoms with Gasteiger partial charge in [0.15, 0.2) is 15.8 Å². The van der Waals surface area contributed by atoms with Crippen molar-refractivity contribution in [2.24, 2.45) is 16.8 Å².